The molecule has 0 bridgehead atoms. The fourth-order valence-electron chi connectivity index (χ4n) is 3.17. The highest BCUT2D eigenvalue weighted by Crippen LogP contribution is 2.07. The van der Waals surface area contributed by atoms with E-state index in [1.807, 2.05) is 65.6 Å². The van der Waals surface area contributed by atoms with E-state index in [0.29, 0.717) is 6.54 Å². The lowest BCUT2D eigenvalue weighted by atomic mass is 10.3. The molecule has 0 aromatic heterocycles. The molecule has 7 nitrogen and oxygen atoms in total. The lowest BCUT2D eigenvalue weighted by Crippen LogP contribution is -2.45. The van der Waals surface area contributed by atoms with Gasteiger partial charge in [-0.25, -0.2) is 0 Å². The van der Waals surface area contributed by atoms with Crippen LogP contribution in [0.2, 0.25) is 0 Å². The van der Waals surface area contributed by atoms with Crippen molar-refractivity contribution in [2.45, 2.75) is 0 Å². The molecule has 0 radical (unpaired) electrons. The zero-order chi connectivity index (χ0) is 20.3. The predicted octanol–water partition coefficient (Wildman–Crippen LogP) is 1.90. The van der Waals surface area contributed by atoms with Crippen molar-refractivity contribution < 1.29 is 14.3 Å². The lowest BCUT2D eigenvalue weighted by Gasteiger charge is -2.29. The molecule has 3 rings (SSSR count). The van der Waals surface area contributed by atoms with E-state index in [1.165, 1.54) is 0 Å². The lowest BCUT2D eigenvalue weighted by molar-refractivity contribution is -0.120. The number of rotatable bonds is 9. The van der Waals surface area contributed by atoms with Crippen LogP contribution in [-0.4, -0.2) is 74.1 Å². The molecule has 1 saturated heterocycles. The summed E-state index contributed by atoms with van der Waals surface area (Å²) in [6.07, 6.45) is 0. The molecular weight excluding hydrogens is 368 g/mol. The van der Waals surface area contributed by atoms with Gasteiger partial charge in [-0.3, -0.25) is 19.4 Å². The van der Waals surface area contributed by atoms with Crippen LogP contribution in [0.4, 0.5) is 11.4 Å². The van der Waals surface area contributed by atoms with Crippen molar-refractivity contribution in [3.05, 3.63) is 60.7 Å². The van der Waals surface area contributed by atoms with Gasteiger partial charge in [0.2, 0.25) is 11.8 Å². The third-order valence-corrected chi connectivity index (χ3v) is 4.69. The third kappa shape index (κ3) is 7.65. The Balaban J connectivity index is 1.55. The van der Waals surface area contributed by atoms with Crippen molar-refractivity contribution in [1.29, 1.82) is 0 Å². The van der Waals surface area contributed by atoms with E-state index < -0.39 is 0 Å². The van der Waals surface area contributed by atoms with Crippen LogP contribution in [0.1, 0.15) is 0 Å². The Morgan fingerprint density at radius 2 is 1.31 bits per heavy atom. The molecular formula is C22H28N4O3. The van der Waals surface area contributed by atoms with Crippen LogP contribution >= 0.6 is 0 Å². The number of para-hydroxylation sites is 2. The fraction of sp³-hybridized carbons (Fsp3) is 0.364. The van der Waals surface area contributed by atoms with Gasteiger partial charge in [-0.2, -0.15) is 0 Å². The Labute approximate surface area is 171 Å². The summed E-state index contributed by atoms with van der Waals surface area (Å²) in [5.74, 6) is -0.267. The van der Waals surface area contributed by atoms with Crippen LogP contribution in [0.25, 0.3) is 0 Å². The van der Waals surface area contributed by atoms with Crippen molar-refractivity contribution in [3.63, 3.8) is 0 Å². The van der Waals surface area contributed by atoms with Gasteiger partial charge in [-0.15, -0.1) is 0 Å². The summed E-state index contributed by atoms with van der Waals surface area (Å²) in [5.41, 5.74) is 1.50. The van der Waals surface area contributed by atoms with E-state index in [1.54, 1.807) is 0 Å². The Morgan fingerprint density at radius 1 is 0.828 bits per heavy atom. The molecule has 2 N–H and O–H groups in total. The molecule has 2 amide bonds. The molecule has 0 spiro atoms. The number of morpholine rings is 1. The van der Waals surface area contributed by atoms with Gasteiger partial charge >= 0.3 is 0 Å². The van der Waals surface area contributed by atoms with Gasteiger partial charge in [0.25, 0.3) is 0 Å². The second kappa shape index (κ2) is 11.3. The van der Waals surface area contributed by atoms with E-state index in [-0.39, 0.29) is 24.9 Å². The molecule has 1 aliphatic rings. The van der Waals surface area contributed by atoms with Crippen molar-refractivity contribution in [2.24, 2.45) is 0 Å². The van der Waals surface area contributed by atoms with Gasteiger partial charge in [0.1, 0.15) is 0 Å². The predicted molar refractivity (Wildman–Crippen MR) is 114 cm³/mol. The third-order valence-electron chi connectivity index (χ3n) is 4.69. The molecule has 0 unspecified atom stereocenters. The zero-order valence-corrected chi connectivity index (χ0v) is 16.5. The number of anilines is 2. The van der Waals surface area contributed by atoms with E-state index in [0.717, 1.165) is 44.2 Å². The number of nitrogens with zero attached hydrogens (tertiary/aromatic N) is 2. The SMILES string of the molecule is O=C(CN(CCN1CCOCC1)CC(=O)Nc1ccccc1)Nc1ccccc1. The first kappa shape index (κ1) is 21.0. The second-order valence-corrected chi connectivity index (χ2v) is 6.99. The number of hydrogen-bond acceptors (Lipinski definition) is 5. The number of nitrogens with one attached hydrogen (secondary N) is 2. The van der Waals surface area contributed by atoms with Crippen LogP contribution in [0, 0.1) is 0 Å². The van der Waals surface area contributed by atoms with Crippen molar-refractivity contribution in [1.82, 2.24) is 9.80 Å². The highest BCUT2D eigenvalue weighted by Gasteiger charge is 2.17. The summed E-state index contributed by atoms with van der Waals surface area (Å²) < 4.78 is 5.38. The molecule has 0 atom stereocenters. The topological polar surface area (TPSA) is 73.9 Å². The molecule has 154 valence electrons. The quantitative estimate of drug-likeness (QED) is 0.677. The maximum Gasteiger partial charge on any atom is 0.238 e. The largest absolute Gasteiger partial charge is 0.379 e. The van der Waals surface area contributed by atoms with Crippen LogP contribution in [0.3, 0.4) is 0 Å². The minimum atomic E-state index is -0.134. The maximum atomic E-state index is 12.5. The first-order valence-corrected chi connectivity index (χ1v) is 9.91. The zero-order valence-electron chi connectivity index (χ0n) is 16.5. The summed E-state index contributed by atoms with van der Waals surface area (Å²) in [6, 6.07) is 18.7. The molecule has 1 aliphatic heterocycles. The maximum absolute atomic E-state index is 12.5. The molecule has 2 aromatic carbocycles. The molecule has 29 heavy (non-hydrogen) atoms. The molecule has 7 heteroatoms. The minimum Gasteiger partial charge on any atom is -0.379 e. The highest BCUT2D eigenvalue weighted by molar-refractivity contribution is 5.94. The van der Waals surface area contributed by atoms with Gasteiger partial charge in [-0.05, 0) is 24.3 Å². The normalized spacial score (nSPS) is 14.5. The van der Waals surface area contributed by atoms with E-state index in [4.69, 9.17) is 4.74 Å². The number of carbonyl (C=O) groups is 2. The first-order chi connectivity index (χ1) is 14.2. The molecule has 0 saturated carbocycles. The molecule has 1 heterocycles. The highest BCUT2D eigenvalue weighted by atomic mass is 16.5. The minimum absolute atomic E-state index is 0.134. The Hall–Kier alpha value is -2.74. The van der Waals surface area contributed by atoms with Crippen molar-refractivity contribution >= 4 is 23.2 Å². The van der Waals surface area contributed by atoms with Crippen LogP contribution in [0.15, 0.2) is 60.7 Å². The average Bonchev–Trinajstić information content (AvgIpc) is 2.74. The van der Waals surface area contributed by atoms with Crippen LogP contribution < -0.4 is 10.6 Å². The number of ether oxygens (including phenoxy) is 1. The van der Waals surface area contributed by atoms with Gasteiger partial charge in [-0.1, -0.05) is 36.4 Å². The first-order valence-electron chi connectivity index (χ1n) is 9.91. The number of hydrogen-bond donors (Lipinski definition) is 2. The van der Waals surface area contributed by atoms with Gasteiger partial charge in [0.15, 0.2) is 0 Å². The Morgan fingerprint density at radius 3 is 1.79 bits per heavy atom. The van der Waals surface area contributed by atoms with Crippen molar-refractivity contribution in [3.8, 4) is 0 Å². The second-order valence-electron chi connectivity index (χ2n) is 6.99. The van der Waals surface area contributed by atoms with Gasteiger partial charge in [0.05, 0.1) is 26.3 Å². The molecule has 0 aliphatic carbocycles. The monoisotopic (exact) mass is 396 g/mol. The Bertz CT molecular complexity index is 709. The number of carbonyl (C=O) groups excluding carboxylic acids is 2. The van der Waals surface area contributed by atoms with Gasteiger partial charge in [0, 0.05) is 37.6 Å². The number of amides is 2. The average molecular weight is 396 g/mol. The Kier molecular flexibility index (Phi) is 8.18. The smallest absolute Gasteiger partial charge is 0.238 e. The molecule has 2 aromatic rings. The standard InChI is InChI=1S/C22H28N4O3/c27-21(23-19-7-3-1-4-8-19)17-26(12-11-25-13-15-29-16-14-25)18-22(28)24-20-9-5-2-6-10-20/h1-10H,11-18H2,(H,23,27)(H,24,28). The summed E-state index contributed by atoms with van der Waals surface area (Å²) >= 11 is 0. The van der Waals surface area contributed by atoms with Gasteiger partial charge < -0.3 is 15.4 Å². The molecule has 1 fully saturated rings. The summed E-state index contributed by atoms with van der Waals surface area (Å²) in [4.78, 5) is 29.2. The van der Waals surface area contributed by atoms with Crippen molar-refractivity contribution in [2.75, 3.05) is 63.1 Å². The van der Waals surface area contributed by atoms with E-state index in [9.17, 15) is 9.59 Å². The van der Waals surface area contributed by atoms with Crippen LogP contribution in [0.5, 0.6) is 0 Å². The summed E-state index contributed by atoms with van der Waals surface area (Å²) in [5, 5.41) is 5.77. The fourth-order valence-corrected chi connectivity index (χ4v) is 3.17. The summed E-state index contributed by atoms with van der Waals surface area (Å²) in [7, 11) is 0. The van der Waals surface area contributed by atoms with Crippen LogP contribution in [-0.2, 0) is 14.3 Å². The van der Waals surface area contributed by atoms with E-state index >= 15 is 0 Å². The number of benzene rings is 2. The van der Waals surface area contributed by atoms with E-state index in [2.05, 4.69) is 15.5 Å². The summed E-state index contributed by atoms with van der Waals surface area (Å²) in [6.45, 7) is 4.93.